The van der Waals surface area contributed by atoms with E-state index in [1.807, 2.05) is 26.8 Å². The van der Waals surface area contributed by atoms with Crippen molar-refractivity contribution in [2.45, 2.75) is 84.3 Å². The number of carbonyl (C=O) groups excluding carboxylic acids is 2. The molecule has 0 aromatic carbocycles. The van der Waals surface area contributed by atoms with Gasteiger partial charge < -0.3 is 14.7 Å². The van der Waals surface area contributed by atoms with Crippen LogP contribution in [0.5, 0.6) is 0 Å². The highest BCUT2D eigenvalue weighted by atomic mass is 16.6. The second kappa shape index (κ2) is 8.76. The maximum absolute atomic E-state index is 13.3. The second-order valence-corrected chi connectivity index (χ2v) is 9.45. The van der Waals surface area contributed by atoms with Crippen LogP contribution in [0.15, 0.2) is 12.7 Å². The SMILES string of the molecule is C=CC[C@H]1C[C@@H](C)C[C@@H](O)[C@]12CCCN(C(=O)OC(C)(C)C)CCCC2=O. The van der Waals surface area contributed by atoms with E-state index >= 15 is 0 Å². The molecule has 1 saturated carbocycles. The van der Waals surface area contributed by atoms with Gasteiger partial charge in [0.05, 0.1) is 11.5 Å². The molecule has 1 aliphatic carbocycles. The van der Waals surface area contributed by atoms with Crippen LogP contribution in [0.3, 0.4) is 0 Å². The van der Waals surface area contributed by atoms with E-state index in [-0.39, 0.29) is 17.8 Å². The van der Waals surface area contributed by atoms with Crippen molar-refractivity contribution in [1.29, 1.82) is 0 Å². The lowest BCUT2D eigenvalue weighted by Crippen LogP contribution is -2.52. The van der Waals surface area contributed by atoms with Crippen LogP contribution in [0.25, 0.3) is 0 Å². The first-order chi connectivity index (χ1) is 12.6. The molecule has 0 unspecified atom stereocenters. The van der Waals surface area contributed by atoms with E-state index in [0.717, 1.165) is 12.8 Å². The summed E-state index contributed by atoms with van der Waals surface area (Å²) in [5.74, 6) is 0.711. The molecule has 2 aliphatic rings. The Bertz CT molecular complexity index is 553. The Labute approximate surface area is 164 Å². The van der Waals surface area contributed by atoms with Gasteiger partial charge in [-0.3, -0.25) is 4.79 Å². The highest BCUT2D eigenvalue weighted by Gasteiger charge is 2.52. The number of Topliss-reactive ketones (excluding diaryl/α,β-unsaturated/α-hetero) is 1. The van der Waals surface area contributed by atoms with Crippen molar-refractivity contribution >= 4 is 11.9 Å². The van der Waals surface area contributed by atoms with E-state index in [0.29, 0.717) is 51.1 Å². The van der Waals surface area contributed by atoms with Crippen molar-refractivity contribution in [3.63, 3.8) is 0 Å². The molecule has 0 bridgehead atoms. The molecule has 1 N–H and O–H groups in total. The Morgan fingerprint density at radius 3 is 2.63 bits per heavy atom. The molecule has 1 amide bonds. The van der Waals surface area contributed by atoms with Crippen LogP contribution in [0.1, 0.15) is 72.6 Å². The van der Waals surface area contributed by atoms with Crippen molar-refractivity contribution in [3.8, 4) is 0 Å². The van der Waals surface area contributed by atoms with Gasteiger partial charge in [-0.2, -0.15) is 0 Å². The number of aliphatic hydroxyl groups is 1. The molecule has 5 nitrogen and oxygen atoms in total. The largest absolute Gasteiger partial charge is 0.444 e. The lowest BCUT2D eigenvalue weighted by molar-refractivity contribution is -0.149. The monoisotopic (exact) mass is 379 g/mol. The average Bonchev–Trinajstić information content (AvgIpc) is 2.61. The molecule has 1 saturated heterocycles. The number of hydrogen-bond donors (Lipinski definition) is 1. The normalized spacial score (nSPS) is 33.1. The van der Waals surface area contributed by atoms with Gasteiger partial charge >= 0.3 is 6.09 Å². The van der Waals surface area contributed by atoms with Gasteiger partial charge in [0.2, 0.25) is 0 Å². The zero-order valence-electron chi connectivity index (χ0n) is 17.5. The number of nitrogens with zero attached hydrogens (tertiary/aromatic N) is 1. The van der Waals surface area contributed by atoms with Gasteiger partial charge in [0.25, 0.3) is 0 Å². The topological polar surface area (TPSA) is 66.8 Å². The third-order valence-electron chi connectivity index (χ3n) is 6.11. The molecular weight excluding hydrogens is 342 g/mol. The summed E-state index contributed by atoms with van der Waals surface area (Å²) < 4.78 is 5.51. The van der Waals surface area contributed by atoms with Gasteiger partial charge in [0, 0.05) is 19.5 Å². The maximum atomic E-state index is 13.3. The van der Waals surface area contributed by atoms with E-state index in [1.54, 1.807) is 4.90 Å². The summed E-state index contributed by atoms with van der Waals surface area (Å²) in [5, 5.41) is 11.0. The van der Waals surface area contributed by atoms with E-state index in [9.17, 15) is 14.7 Å². The Balaban J connectivity index is 2.19. The lowest BCUT2D eigenvalue weighted by Gasteiger charge is -2.48. The lowest BCUT2D eigenvalue weighted by atomic mass is 9.56. The zero-order valence-corrected chi connectivity index (χ0v) is 17.5. The molecule has 4 atom stereocenters. The second-order valence-electron chi connectivity index (χ2n) is 9.45. The van der Waals surface area contributed by atoms with Crippen LogP contribution in [-0.4, -0.2) is 46.7 Å². The molecule has 0 aromatic rings. The van der Waals surface area contributed by atoms with Crippen LogP contribution < -0.4 is 0 Å². The first kappa shape index (κ1) is 21.9. The first-order valence-electron chi connectivity index (χ1n) is 10.4. The average molecular weight is 380 g/mol. The summed E-state index contributed by atoms with van der Waals surface area (Å²) in [6, 6.07) is 0. The number of carbonyl (C=O) groups is 2. The number of allylic oxidation sites excluding steroid dienone is 1. The number of amides is 1. The van der Waals surface area contributed by atoms with Crippen molar-refractivity contribution in [2.75, 3.05) is 13.1 Å². The van der Waals surface area contributed by atoms with Gasteiger partial charge in [0.15, 0.2) is 0 Å². The van der Waals surface area contributed by atoms with Crippen molar-refractivity contribution in [3.05, 3.63) is 12.7 Å². The summed E-state index contributed by atoms with van der Waals surface area (Å²) >= 11 is 0. The summed E-state index contributed by atoms with van der Waals surface area (Å²) in [5.41, 5.74) is -1.22. The van der Waals surface area contributed by atoms with Crippen LogP contribution in [0.2, 0.25) is 0 Å². The van der Waals surface area contributed by atoms with E-state index in [4.69, 9.17) is 4.74 Å². The zero-order chi connectivity index (χ0) is 20.2. The van der Waals surface area contributed by atoms with Crippen LogP contribution in [0.4, 0.5) is 4.79 Å². The minimum absolute atomic E-state index is 0.134. The smallest absolute Gasteiger partial charge is 0.410 e. The Hall–Kier alpha value is -1.36. The van der Waals surface area contributed by atoms with Crippen molar-refractivity contribution < 1.29 is 19.4 Å². The fourth-order valence-corrected chi connectivity index (χ4v) is 4.93. The minimum Gasteiger partial charge on any atom is -0.444 e. The number of rotatable bonds is 2. The third kappa shape index (κ3) is 5.13. The molecular formula is C22H37NO4. The molecule has 0 radical (unpaired) electrons. The summed E-state index contributed by atoms with van der Waals surface area (Å²) in [6.07, 6.45) is 5.67. The van der Waals surface area contributed by atoms with Crippen LogP contribution in [-0.2, 0) is 9.53 Å². The minimum atomic E-state index is -0.690. The molecule has 27 heavy (non-hydrogen) atoms. The van der Waals surface area contributed by atoms with Crippen molar-refractivity contribution in [1.82, 2.24) is 4.90 Å². The predicted molar refractivity (Wildman–Crippen MR) is 106 cm³/mol. The molecule has 2 fully saturated rings. The maximum Gasteiger partial charge on any atom is 0.410 e. The molecule has 0 aromatic heterocycles. The Morgan fingerprint density at radius 1 is 1.33 bits per heavy atom. The van der Waals surface area contributed by atoms with E-state index < -0.39 is 17.1 Å². The quantitative estimate of drug-likeness (QED) is 0.725. The third-order valence-corrected chi connectivity index (χ3v) is 6.11. The van der Waals surface area contributed by atoms with E-state index in [1.165, 1.54) is 0 Å². The Morgan fingerprint density at radius 2 is 2.00 bits per heavy atom. The molecule has 5 heteroatoms. The summed E-state index contributed by atoms with van der Waals surface area (Å²) in [6.45, 7) is 12.7. The van der Waals surface area contributed by atoms with Crippen LogP contribution >= 0.6 is 0 Å². The number of hydrogen-bond acceptors (Lipinski definition) is 4. The molecule has 1 spiro atoms. The number of aliphatic hydroxyl groups excluding tert-OH is 1. The van der Waals surface area contributed by atoms with Crippen molar-refractivity contribution in [2.24, 2.45) is 17.3 Å². The van der Waals surface area contributed by atoms with Gasteiger partial charge in [-0.1, -0.05) is 13.0 Å². The highest BCUT2D eigenvalue weighted by Crippen LogP contribution is 2.50. The molecule has 2 rings (SSSR count). The first-order valence-corrected chi connectivity index (χ1v) is 10.4. The van der Waals surface area contributed by atoms with Gasteiger partial charge in [-0.05, 0) is 71.1 Å². The summed E-state index contributed by atoms with van der Waals surface area (Å²) in [4.78, 5) is 27.5. The standard InChI is InChI=1S/C22H37NO4/c1-6-9-17-14-16(2)15-19(25)22(17)11-8-13-23(12-7-10-18(22)24)20(26)27-21(3,4)5/h6,16-17,19,25H,1,7-15H2,2-5H3/t16-,17+,19-,22-/m1/s1. The van der Waals surface area contributed by atoms with Gasteiger partial charge in [-0.15, -0.1) is 6.58 Å². The van der Waals surface area contributed by atoms with E-state index in [2.05, 4.69) is 13.5 Å². The fourth-order valence-electron chi connectivity index (χ4n) is 4.93. The van der Waals surface area contributed by atoms with Gasteiger partial charge in [0.1, 0.15) is 11.4 Å². The summed E-state index contributed by atoms with van der Waals surface area (Å²) in [7, 11) is 0. The molecule has 1 heterocycles. The number of ether oxygens (including phenoxy) is 1. The number of ketones is 1. The van der Waals surface area contributed by atoms with Gasteiger partial charge in [-0.25, -0.2) is 4.79 Å². The molecule has 1 aliphatic heterocycles. The van der Waals surface area contributed by atoms with Crippen LogP contribution in [0, 0.1) is 17.3 Å². The predicted octanol–water partition coefficient (Wildman–Crippen LogP) is 4.34. The Kier molecular flexibility index (Phi) is 7.12. The fraction of sp³-hybridized carbons (Fsp3) is 0.818. The molecule has 154 valence electrons. The highest BCUT2D eigenvalue weighted by molar-refractivity contribution is 5.86.